The zero-order valence-electron chi connectivity index (χ0n) is 12.1. The third kappa shape index (κ3) is 2.72. The Bertz CT molecular complexity index is 556. The summed E-state index contributed by atoms with van der Waals surface area (Å²) < 4.78 is 7.73. The summed E-state index contributed by atoms with van der Waals surface area (Å²) in [6, 6.07) is 8.23. The monoisotopic (exact) mass is 270 g/mol. The van der Waals surface area contributed by atoms with E-state index in [0.29, 0.717) is 5.92 Å². The molecule has 1 aliphatic rings. The second-order valence-corrected chi connectivity index (χ2v) is 5.59. The summed E-state index contributed by atoms with van der Waals surface area (Å²) in [6.45, 7) is 0.843. The number of imidazole rings is 1. The summed E-state index contributed by atoms with van der Waals surface area (Å²) in [4.78, 5) is 4.37. The first-order valence-electron chi connectivity index (χ1n) is 7.50. The molecule has 2 aromatic rings. The van der Waals surface area contributed by atoms with Gasteiger partial charge in [-0.05, 0) is 18.9 Å². The molecule has 1 aromatic heterocycles. The molecular weight excluding hydrogens is 248 g/mol. The second kappa shape index (κ2) is 6.12. The summed E-state index contributed by atoms with van der Waals surface area (Å²) in [5.74, 6) is 1.64. The normalized spacial score (nSPS) is 16.2. The number of aromatic nitrogens is 2. The van der Waals surface area contributed by atoms with E-state index in [1.807, 2.05) is 24.7 Å². The maximum atomic E-state index is 5.45. The van der Waals surface area contributed by atoms with Gasteiger partial charge in [-0.2, -0.15) is 0 Å². The first-order chi connectivity index (χ1) is 9.88. The third-order valence-electron chi connectivity index (χ3n) is 4.30. The van der Waals surface area contributed by atoms with Crippen LogP contribution in [-0.4, -0.2) is 16.7 Å². The van der Waals surface area contributed by atoms with Crippen LogP contribution in [-0.2, 0) is 6.54 Å². The zero-order chi connectivity index (χ0) is 13.8. The minimum Gasteiger partial charge on any atom is -0.496 e. The average molecular weight is 270 g/mol. The fraction of sp³-hybridized carbons (Fsp3) is 0.471. The second-order valence-electron chi connectivity index (χ2n) is 5.59. The van der Waals surface area contributed by atoms with Crippen molar-refractivity contribution >= 4 is 0 Å². The lowest BCUT2D eigenvalue weighted by Gasteiger charge is -2.23. The SMILES string of the molecule is COc1ccccc1Cn1cncc1C1CCCCC1. The summed E-state index contributed by atoms with van der Waals surface area (Å²) in [5.41, 5.74) is 2.60. The Hall–Kier alpha value is -1.77. The number of para-hydroxylation sites is 1. The van der Waals surface area contributed by atoms with Crippen LogP contribution in [0.4, 0.5) is 0 Å². The number of hydrogen-bond donors (Lipinski definition) is 0. The Balaban J connectivity index is 1.82. The van der Waals surface area contributed by atoms with Gasteiger partial charge in [0, 0.05) is 23.4 Å². The molecule has 0 unspecified atom stereocenters. The van der Waals surface area contributed by atoms with Gasteiger partial charge in [-0.15, -0.1) is 0 Å². The number of rotatable bonds is 4. The van der Waals surface area contributed by atoms with E-state index in [9.17, 15) is 0 Å². The van der Waals surface area contributed by atoms with Gasteiger partial charge in [0.05, 0.1) is 20.0 Å². The van der Waals surface area contributed by atoms with E-state index < -0.39 is 0 Å². The highest BCUT2D eigenvalue weighted by atomic mass is 16.5. The number of hydrogen-bond acceptors (Lipinski definition) is 2. The Labute approximate surface area is 120 Å². The van der Waals surface area contributed by atoms with Crippen LogP contribution in [0.2, 0.25) is 0 Å². The maximum Gasteiger partial charge on any atom is 0.123 e. The molecule has 1 heterocycles. The van der Waals surface area contributed by atoms with Gasteiger partial charge in [-0.3, -0.25) is 0 Å². The highest BCUT2D eigenvalue weighted by molar-refractivity contribution is 5.33. The fourth-order valence-corrected chi connectivity index (χ4v) is 3.22. The smallest absolute Gasteiger partial charge is 0.123 e. The molecule has 0 spiro atoms. The molecule has 0 amide bonds. The minimum atomic E-state index is 0.681. The van der Waals surface area contributed by atoms with Crippen LogP contribution in [0.5, 0.6) is 5.75 Å². The molecule has 0 saturated heterocycles. The first-order valence-corrected chi connectivity index (χ1v) is 7.50. The average Bonchev–Trinajstić information content (AvgIpc) is 2.97. The van der Waals surface area contributed by atoms with Crippen molar-refractivity contribution in [2.45, 2.75) is 44.6 Å². The summed E-state index contributed by atoms with van der Waals surface area (Å²) >= 11 is 0. The molecule has 0 bridgehead atoms. The van der Waals surface area contributed by atoms with Crippen molar-refractivity contribution in [1.29, 1.82) is 0 Å². The van der Waals surface area contributed by atoms with E-state index >= 15 is 0 Å². The van der Waals surface area contributed by atoms with Gasteiger partial charge in [0.1, 0.15) is 5.75 Å². The van der Waals surface area contributed by atoms with Crippen LogP contribution in [0.3, 0.4) is 0 Å². The van der Waals surface area contributed by atoms with Crippen molar-refractivity contribution in [1.82, 2.24) is 9.55 Å². The van der Waals surface area contributed by atoms with Crippen molar-refractivity contribution in [3.05, 3.63) is 48.0 Å². The molecule has 0 atom stereocenters. The molecule has 1 aliphatic carbocycles. The van der Waals surface area contributed by atoms with Gasteiger partial charge in [-0.1, -0.05) is 37.5 Å². The molecule has 20 heavy (non-hydrogen) atoms. The molecule has 0 N–H and O–H groups in total. The van der Waals surface area contributed by atoms with E-state index in [2.05, 4.69) is 21.7 Å². The molecule has 3 rings (SSSR count). The van der Waals surface area contributed by atoms with E-state index in [4.69, 9.17) is 4.74 Å². The van der Waals surface area contributed by atoms with Gasteiger partial charge in [0.15, 0.2) is 0 Å². The predicted molar refractivity (Wildman–Crippen MR) is 80.1 cm³/mol. The van der Waals surface area contributed by atoms with Crippen LogP contribution in [0.1, 0.15) is 49.3 Å². The van der Waals surface area contributed by atoms with Crippen LogP contribution in [0, 0.1) is 0 Å². The van der Waals surface area contributed by atoms with Gasteiger partial charge in [0.2, 0.25) is 0 Å². The lowest BCUT2D eigenvalue weighted by atomic mass is 9.87. The lowest BCUT2D eigenvalue weighted by Crippen LogP contribution is -2.11. The fourth-order valence-electron chi connectivity index (χ4n) is 3.22. The van der Waals surface area contributed by atoms with Crippen LogP contribution < -0.4 is 4.74 Å². The highest BCUT2D eigenvalue weighted by Crippen LogP contribution is 2.33. The van der Waals surface area contributed by atoms with Crippen molar-refractivity contribution in [3.8, 4) is 5.75 Å². The molecule has 3 nitrogen and oxygen atoms in total. The number of methoxy groups -OCH3 is 1. The molecule has 3 heteroatoms. The molecule has 1 fully saturated rings. The van der Waals surface area contributed by atoms with E-state index in [1.165, 1.54) is 43.4 Å². The number of nitrogens with zero attached hydrogens (tertiary/aromatic N) is 2. The van der Waals surface area contributed by atoms with Crippen LogP contribution in [0.25, 0.3) is 0 Å². The quantitative estimate of drug-likeness (QED) is 0.840. The third-order valence-corrected chi connectivity index (χ3v) is 4.30. The summed E-state index contributed by atoms with van der Waals surface area (Å²) in [5, 5.41) is 0. The van der Waals surface area contributed by atoms with E-state index in [0.717, 1.165) is 12.3 Å². The Morgan fingerprint density at radius 2 is 2.00 bits per heavy atom. The molecule has 1 saturated carbocycles. The van der Waals surface area contributed by atoms with Gasteiger partial charge < -0.3 is 9.30 Å². The Morgan fingerprint density at radius 1 is 1.20 bits per heavy atom. The van der Waals surface area contributed by atoms with Crippen molar-refractivity contribution in [3.63, 3.8) is 0 Å². The predicted octanol–water partition coefficient (Wildman–Crippen LogP) is 3.99. The van der Waals surface area contributed by atoms with Crippen molar-refractivity contribution in [2.75, 3.05) is 7.11 Å². The van der Waals surface area contributed by atoms with E-state index in [1.54, 1.807) is 7.11 Å². The largest absolute Gasteiger partial charge is 0.496 e. The first kappa shape index (κ1) is 13.2. The molecule has 0 radical (unpaired) electrons. The molecule has 0 aliphatic heterocycles. The topological polar surface area (TPSA) is 27.1 Å². The number of ether oxygens (including phenoxy) is 1. The van der Waals surface area contributed by atoms with Crippen molar-refractivity contribution in [2.24, 2.45) is 0 Å². The van der Waals surface area contributed by atoms with Gasteiger partial charge >= 0.3 is 0 Å². The Kier molecular flexibility index (Phi) is 4.05. The standard InChI is InChI=1S/C17H22N2O/c1-20-17-10-6-5-9-15(17)12-19-13-18-11-16(19)14-7-3-2-4-8-14/h5-6,9-11,13-14H,2-4,7-8,12H2,1H3. The zero-order valence-corrected chi connectivity index (χ0v) is 12.1. The lowest BCUT2D eigenvalue weighted by molar-refractivity contribution is 0.405. The van der Waals surface area contributed by atoms with Gasteiger partial charge in [0.25, 0.3) is 0 Å². The van der Waals surface area contributed by atoms with Crippen LogP contribution in [0.15, 0.2) is 36.8 Å². The maximum absolute atomic E-state index is 5.45. The summed E-state index contributed by atoms with van der Waals surface area (Å²) in [6.07, 6.45) is 10.7. The molecular formula is C17H22N2O. The van der Waals surface area contributed by atoms with E-state index in [-0.39, 0.29) is 0 Å². The highest BCUT2D eigenvalue weighted by Gasteiger charge is 2.19. The molecule has 1 aromatic carbocycles. The summed E-state index contributed by atoms with van der Waals surface area (Å²) in [7, 11) is 1.73. The van der Waals surface area contributed by atoms with Gasteiger partial charge in [-0.25, -0.2) is 4.98 Å². The number of benzene rings is 1. The van der Waals surface area contributed by atoms with Crippen molar-refractivity contribution < 1.29 is 4.74 Å². The minimum absolute atomic E-state index is 0.681. The van der Waals surface area contributed by atoms with Crippen LogP contribution >= 0.6 is 0 Å². The molecule has 106 valence electrons. The Morgan fingerprint density at radius 3 is 2.80 bits per heavy atom.